The Morgan fingerprint density at radius 2 is 1.95 bits per heavy atom. The van der Waals surface area contributed by atoms with Gasteiger partial charge in [-0.25, -0.2) is 9.97 Å². The molecule has 0 unspecified atom stereocenters. The quantitative estimate of drug-likeness (QED) is 0.908. The monoisotopic (exact) mass is 314 g/mol. The number of alkyl halides is 3. The van der Waals surface area contributed by atoms with Gasteiger partial charge in [0.05, 0.1) is 18.0 Å². The maximum atomic E-state index is 12.4. The van der Waals surface area contributed by atoms with Gasteiger partial charge >= 0.3 is 6.18 Å². The van der Waals surface area contributed by atoms with Gasteiger partial charge in [0.25, 0.3) is 0 Å². The van der Waals surface area contributed by atoms with E-state index in [1.54, 1.807) is 12.4 Å². The molecule has 0 amide bonds. The Bertz CT molecular complexity index is 587. The van der Waals surface area contributed by atoms with Gasteiger partial charge in [-0.15, -0.1) is 0 Å². The highest BCUT2D eigenvalue weighted by atomic mass is 32.2. The second-order valence-corrected chi connectivity index (χ2v) is 5.19. The Labute approximate surface area is 124 Å². The van der Waals surface area contributed by atoms with Gasteiger partial charge in [-0.05, 0) is 30.3 Å². The molecule has 0 atom stereocenters. The molecule has 0 aliphatic rings. The molecule has 0 saturated heterocycles. The number of hydrogen-bond donors (Lipinski definition) is 1. The molecule has 1 N–H and O–H groups in total. The standard InChI is InChI=1S/C13H13F3N4S/c1-2-5-18-10-7-17-8-12(20-10)21-11-4-3-9(6-19-11)13(14,15)16/h3-4,6-8H,2,5H2,1H3,(H,18,20). The van der Waals surface area contributed by atoms with Crippen molar-refractivity contribution in [2.24, 2.45) is 0 Å². The zero-order chi connectivity index (χ0) is 15.3. The van der Waals surface area contributed by atoms with Crippen LogP contribution in [-0.4, -0.2) is 21.5 Å². The average Bonchev–Trinajstić information content (AvgIpc) is 2.45. The van der Waals surface area contributed by atoms with E-state index in [1.165, 1.54) is 6.07 Å². The molecule has 0 radical (unpaired) electrons. The molecule has 4 nitrogen and oxygen atoms in total. The molecule has 2 rings (SSSR count). The zero-order valence-corrected chi connectivity index (χ0v) is 12.0. The van der Waals surface area contributed by atoms with Crippen LogP contribution in [0.25, 0.3) is 0 Å². The number of pyridine rings is 1. The molecule has 2 aromatic heterocycles. The fourth-order valence-electron chi connectivity index (χ4n) is 1.45. The molecular weight excluding hydrogens is 301 g/mol. The second kappa shape index (κ2) is 6.75. The lowest BCUT2D eigenvalue weighted by molar-refractivity contribution is -0.137. The van der Waals surface area contributed by atoms with Crippen molar-refractivity contribution in [2.45, 2.75) is 29.6 Å². The van der Waals surface area contributed by atoms with Gasteiger partial charge in [0.1, 0.15) is 15.9 Å². The van der Waals surface area contributed by atoms with Crippen molar-refractivity contribution in [1.82, 2.24) is 15.0 Å². The molecule has 0 bridgehead atoms. The number of nitrogens with one attached hydrogen (secondary N) is 1. The van der Waals surface area contributed by atoms with Crippen LogP contribution in [0.2, 0.25) is 0 Å². The van der Waals surface area contributed by atoms with E-state index in [-0.39, 0.29) is 0 Å². The van der Waals surface area contributed by atoms with Gasteiger partial charge in [-0.1, -0.05) is 6.92 Å². The van der Waals surface area contributed by atoms with Crippen LogP contribution in [0.15, 0.2) is 40.8 Å². The lowest BCUT2D eigenvalue weighted by atomic mass is 10.3. The highest BCUT2D eigenvalue weighted by Crippen LogP contribution is 2.31. The average molecular weight is 314 g/mol. The van der Waals surface area contributed by atoms with Gasteiger partial charge in [0.2, 0.25) is 0 Å². The van der Waals surface area contributed by atoms with E-state index < -0.39 is 11.7 Å². The minimum absolute atomic E-state index is 0.435. The lowest BCUT2D eigenvalue weighted by Gasteiger charge is -2.07. The first kappa shape index (κ1) is 15.6. The van der Waals surface area contributed by atoms with Gasteiger partial charge in [0.15, 0.2) is 0 Å². The van der Waals surface area contributed by atoms with Crippen LogP contribution >= 0.6 is 11.8 Å². The van der Waals surface area contributed by atoms with E-state index in [2.05, 4.69) is 20.3 Å². The first-order chi connectivity index (χ1) is 9.99. The number of rotatable bonds is 5. The van der Waals surface area contributed by atoms with Gasteiger partial charge in [-0.2, -0.15) is 13.2 Å². The second-order valence-electron chi connectivity index (χ2n) is 4.15. The molecule has 0 aliphatic carbocycles. The summed E-state index contributed by atoms with van der Waals surface area (Å²) in [5, 5.41) is 4.10. The van der Waals surface area contributed by atoms with Gasteiger partial charge < -0.3 is 5.32 Å². The van der Waals surface area contributed by atoms with E-state index in [0.717, 1.165) is 37.0 Å². The van der Waals surface area contributed by atoms with Crippen molar-refractivity contribution in [1.29, 1.82) is 0 Å². The van der Waals surface area contributed by atoms with Gasteiger partial charge in [0, 0.05) is 12.7 Å². The number of halogens is 3. The largest absolute Gasteiger partial charge is 0.417 e. The minimum Gasteiger partial charge on any atom is -0.369 e. The van der Waals surface area contributed by atoms with Gasteiger partial charge in [-0.3, -0.25) is 4.98 Å². The summed E-state index contributed by atoms with van der Waals surface area (Å²) in [6.07, 6.45) is 0.537. The fraction of sp³-hybridized carbons (Fsp3) is 0.308. The van der Waals surface area contributed by atoms with E-state index in [4.69, 9.17) is 0 Å². The smallest absolute Gasteiger partial charge is 0.369 e. The highest BCUT2D eigenvalue weighted by Gasteiger charge is 2.30. The summed E-state index contributed by atoms with van der Waals surface area (Å²) >= 11 is 1.16. The first-order valence-corrected chi connectivity index (χ1v) is 7.07. The van der Waals surface area contributed by atoms with Crippen molar-refractivity contribution < 1.29 is 13.2 Å². The third-order valence-corrected chi connectivity index (χ3v) is 3.30. The summed E-state index contributed by atoms with van der Waals surface area (Å²) in [5.74, 6) is 0.633. The number of aromatic nitrogens is 3. The Hall–Kier alpha value is -1.83. The van der Waals surface area contributed by atoms with Crippen LogP contribution in [0.3, 0.4) is 0 Å². The molecule has 0 fully saturated rings. The minimum atomic E-state index is -4.38. The SMILES string of the molecule is CCCNc1cncc(Sc2ccc(C(F)(F)F)cn2)n1. The summed E-state index contributed by atoms with van der Waals surface area (Å²) < 4.78 is 37.3. The van der Waals surface area contributed by atoms with Crippen LogP contribution < -0.4 is 5.32 Å². The molecule has 8 heteroatoms. The predicted molar refractivity (Wildman–Crippen MR) is 74.2 cm³/mol. The summed E-state index contributed by atoms with van der Waals surface area (Å²) in [7, 11) is 0. The van der Waals surface area contributed by atoms with E-state index in [0.29, 0.717) is 15.9 Å². The molecule has 21 heavy (non-hydrogen) atoms. The highest BCUT2D eigenvalue weighted by molar-refractivity contribution is 7.99. The van der Waals surface area contributed by atoms with Crippen LogP contribution in [0, 0.1) is 0 Å². The Kier molecular flexibility index (Phi) is 5.00. The normalized spacial score (nSPS) is 11.4. The number of hydrogen-bond acceptors (Lipinski definition) is 5. The van der Waals surface area contributed by atoms with Crippen molar-refractivity contribution in [2.75, 3.05) is 11.9 Å². The molecule has 2 aromatic rings. The van der Waals surface area contributed by atoms with E-state index in [9.17, 15) is 13.2 Å². The molecule has 0 aliphatic heterocycles. The lowest BCUT2D eigenvalue weighted by Crippen LogP contribution is -2.05. The molecule has 0 spiro atoms. The molecule has 2 heterocycles. The van der Waals surface area contributed by atoms with Crippen LogP contribution in [0.1, 0.15) is 18.9 Å². The van der Waals surface area contributed by atoms with Crippen molar-refractivity contribution >= 4 is 17.6 Å². The third kappa shape index (κ3) is 4.59. The Morgan fingerprint density at radius 1 is 1.14 bits per heavy atom. The maximum absolute atomic E-state index is 12.4. The zero-order valence-electron chi connectivity index (χ0n) is 11.2. The Morgan fingerprint density at radius 3 is 2.57 bits per heavy atom. The maximum Gasteiger partial charge on any atom is 0.417 e. The third-order valence-electron chi connectivity index (χ3n) is 2.44. The number of anilines is 1. The van der Waals surface area contributed by atoms with Crippen molar-refractivity contribution in [3.63, 3.8) is 0 Å². The van der Waals surface area contributed by atoms with Crippen molar-refractivity contribution in [3.8, 4) is 0 Å². The summed E-state index contributed by atoms with van der Waals surface area (Å²) in [6.45, 7) is 2.81. The van der Waals surface area contributed by atoms with E-state index >= 15 is 0 Å². The fourth-order valence-corrected chi connectivity index (χ4v) is 2.16. The van der Waals surface area contributed by atoms with Crippen LogP contribution in [0.4, 0.5) is 19.0 Å². The predicted octanol–water partition coefficient (Wildman–Crippen LogP) is 3.86. The summed E-state index contributed by atoms with van der Waals surface area (Å²) in [4.78, 5) is 12.1. The molecule has 0 aromatic carbocycles. The van der Waals surface area contributed by atoms with Crippen LogP contribution in [0.5, 0.6) is 0 Å². The van der Waals surface area contributed by atoms with Crippen LogP contribution in [-0.2, 0) is 6.18 Å². The molecular formula is C13H13F3N4S. The topological polar surface area (TPSA) is 50.7 Å². The first-order valence-electron chi connectivity index (χ1n) is 6.26. The summed E-state index contributed by atoms with van der Waals surface area (Å²) in [6, 6.07) is 2.32. The molecule has 112 valence electrons. The molecule has 0 saturated carbocycles. The Balaban J connectivity index is 2.07. The van der Waals surface area contributed by atoms with Crippen molar-refractivity contribution in [3.05, 3.63) is 36.3 Å². The summed E-state index contributed by atoms with van der Waals surface area (Å²) in [5.41, 5.74) is -0.767. The number of nitrogens with zero attached hydrogens (tertiary/aromatic N) is 3. The van der Waals surface area contributed by atoms with E-state index in [1.807, 2.05) is 6.92 Å².